The lowest BCUT2D eigenvalue weighted by atomic mass is 10.0. The Labute approximate surface area is 119 Å². The summed E-state index contributed by atoms with van der Waals surface area (Å²) in [5, 5.41) is 18.8. The summed E-state index contributed by atoms with van der Waals surface area (Å²) in [6, 6.07) is 4.24. The van der Waals surface area contributed by atoms with Crippen molar-refractivity contribution in [1.82, 2.24) is 4.90 Å². The number of hydrogen-bond acceptors (Lipinski definition) is 3. The smallest absolute Gasteiger partial charge is 0.308 e. The number of carbonyl (C=O) groups excluding carboxylic acids is 1. The Kier molecular flexibility index (Phi) is 3.80. The van der Waals surface area contributed by atoms with Gasteiger partial charge in [0.05, 0.1) is 11.5 Å². The van der Waals surface area contributed by atoms with E-state index in [1.54, 1.807) is 19.1 Å². The highest BCUT2D eigenvalue weighted by atomic mass is 79.9. The second-order valence-electron chi connectivity index (χ2n) is 4.63. The molecule has 1 aliphatic rings. The molecule has 1 aliphatic heterocycles. The van der Waals surface area contributed by atoms with E-state index in [-0.39, 0.29) is 23.3 Å². The summed E-state index contributed by atoms with van der Waals surface area (Å²) in [4.78, 5) is 24.9. The number of carboxylic acid groups (broad SMARTS) is 1. The maximum Gasteiger partial charge on any atom is 0.308 e. The van der Waals surface area contributed by atoms with E-state index in [9.17, 15) is 14.7 Å². The molecule has 0 saturated carbocycles. The number of amides is 1. The topological polar surface area (TPSA) is 77.8 Å². The van der Waals surface area contributed by atoms with Crippen molar-refractivity contribution in [2.75, 3.05) is 6.54 Å². The first kappa shape index (κ1) is 13.9. The van der Waals surface area contributed by atoms with Crippen molar-refractivity contribution in [3.8, 4) is 5.75 Å². The number of hydrogen-bond donors (Lipinski definition) is 2. The molecular weight excluding hydrogens is 314 g/mol. The maximum atomic E-state index is 12.4. The lowest BCUT2D eigenvalue weighted by Crippen LogP contribution is -2.37. The minimum Gasteiger partial charge on any atom is -0.507 e. The van der Waals surface area contributed by atoms with Crippen molar-refractivity contribution in [2.24, 2.45) is 5.92 Å². The van der Waals surface area contributed by atoms with Gasteiger partial charge >= 0.3 is 5.97 Å². The van der Waals surface area contributed by atoms with E-state index >= 15 is 0 Å². The van der Waals surface area contributed by atoms with Gasteiger partial charge in [0.1, 0.15) is 5.75 Å². The molecule has 1 saturated heterocycles. The number of carbonyl (C=O) groups is 2. The number of phenols is 1. The maximum absolute atomic E-state index is 12.4. The van der Waals surface area contributed by atoms with Gasteiger partial charge in [0, 0.05) is 17.1 Å². The third-order valence-corrected chi connectivity index (χ3v) is 4.02. The fourth-order valence-corrected chi connectivity index (χ4v) is 2.75. The van der Waals surface area contributed by atoms with Crippen LogP contribution in [0.25, 0.3) is 0 Å². The van der Waals surface area contributed by atoms with Gasteiger partial charge in [-0.1, -0.05) is 15.9 Å². The van der Waals surface area contributed by atoms with Crippen LogP contribution in [0.4, 0.5) is 0 Å². The van der Waals surface area contributed by atoms with Gasteiger partial charge in [0.25, 0.3) is 5.91 Å². The van der Waals surface area contributed by atoms with Crippen LogP contribution in [0.5, 0.6) is 5.75 Å². The Morgan fingerprint density at radius 1 is 1.42 bits per heavy atom. The van der Waals surface area contributed by atoms with E-state index in [2.05, 4.69) is 15.9 Å². The van der Waals surface area contributed by atoms with E-state index in [0.717, 1.165) is 0 Å². The average molecular weight is 328 g/mol. The van der Waals surface area contributed by atoms with E-state index < -0.39 is 11.9 Å². The van der Waals surface area contributed by atoms with Crippen LogP contribution in [0.15, 0.2) is 22.7 Å². The minimum absolute atomic E-state index is 0.0980. The Bertz CT molecular complexity index is 531. The third kappa shape index (κ3) is 2.58. The zero-order valence-corrected chi connectivity index (χ0v) is 11.9. The molecule has 2 N–H and O–H groups in total. The standard InChI is InChI=1S/C13H14BrNO4/c1-7-9(13(18)19)4-5-15(7)12(17)10-6-8(14)2-3-11(10)16/h2-3,6-7,9,16H,4-5H2,1H3,(H,18,19). The summed E-state index contributed by atoms with van der Waals surface area (Å²) < 4.78 is 0.690. The predicted octanol–water partition coefficient (Wildman–Crippen LogP) is 2.09. The Hall–Kier alpha value is -1.56. The summed E-state index contributed by atoms with van der Waals surface area (Å²) >= 11 is 3.25. The quantitative estimate of drug-likeness (QED) is 0.871. The first-order valence-electron chi connectivity index (χ1n) is 5.94. The van der Waals surface area contributed by atoms with E-state index in [4.69, 9.17) is 5.11 Å². The van der Waals surface area contributed by atoms with Crippen molar-refractivity contribution < 1.29 is 19.8 Å². The number of aliphatic carboxylic acids is 1. The normalized spacial score (nSPS) is 22.5. The van der Waals surface area contributed by atoms with Gasteiger partial charge in [0.2, 0.25) is 0 Å². The predicted molar refractivity (Wildman–Crippen MR) is 72.0 cm³/mol. The lowest BCUT2D eigenvalue weighted by molar-refractivity contribution is -0.142. The second kappa shape index (κ2) is 5.21. The molecule has 2 unspecified atom stereocenters. The molecule has 0 spiro atoms. The summed E-state index contributed by atoms with van der Waals surface area (Å²) in [5.41, 5.74) is 0.187. The van der Waals surface area contributed by atoms with Crippen LogP contribution in [0.3, 0.4) is 0 Å². The molecule has 2 atom stereocenters. The fraction of sp³-hybridized carbons (Fsp3) is 0.385. The molecule has 19 heavy (non-hydrogen) atoms. The molecule has 1 amide bonds. The molecule has 102 valence electrons. The van der Waals surface area contributed by atoms with Crippen LogP contribution in [0.1, 0.15) is 23.7 Å². The molecule has 5 nitrogen and oxygen atoms in total. The molecule has 0 aliphatic carbocycles. The summed E-state index contributed by atoms with van der Waals surface area (Å²) in [5.74, 6) is -1.87. The van der Waals surface area contributed by atoms with Gasteiger partial charge < -0.3 is 15.1 Å². The second-order valence-corrected chi connectivity index (χ2v) is 5.55. The number of halogens is 1. The van der Waals surface area contributed by atoms with Crippen molar-refractivity contribution in [3.05, 3.63) is 28.2 Å². The van der Waals surface area contributed by atoms with E-state index in [1.165, 1.54) is 11.0 Å². The van der Waals surface area contributed by atoms with Crippen LogP contribution in [-0.4, -0.2) is 39.6 Å². The first-order chi connectivity index (χ1) is 8.91. The summed E-state index contributed by atoms with van der Waals surface area (Å²) in [6.45, 7) is 2.11. The molecule has 0 bridgehead atoms. The number of benzene rings is 1. The summed E-state index contributed by atoms with van der Waals surface area (Å²) in [7, 11) is 0. The molecule has 1 aromatic rings. The number of likely N-dealkylation sites (tertiary alicyclic amines) is 1. The monoisotopic (exact) mass is 327 g/mol. The highest BCUT2D eigenvalue weighted by Gasteiger charge is 2.38. The zero-order valence-electron chi connectivity index (χ0n) is 10.3. The van der Waals surface area contributed by atoms with Gasteiger partial charge in [-0.2, -0.15) is 0 Å². The van der Waals surface area contributed by atoms with E-state index in [0.29, 0.717) is 17.4 Å². The SMILES string of the molecule is CC1C(C(=O)O)CCN1C(=O)c1cc(Br)ccc1O. The molecular formula is C13H14BrNO4. The largest absolute Gasteiger partial charge is 0.507 e. The van der Waals surface area contributed by atoms with Gasteiger partial charge in [-0.25, -0.2) is 0 Å². The zero-order chi connectivity index (χ0) is 14.2. The molecule has 0 aromatic heterocycles. The van der Waals surface area contributed by atoms with Crippen LogP contribution < -0.4 is 0 Å². The molecule has 0 radical (unpaired) electrons. The van der Waals surface area contributed by atoms with Crippen LogP contribution in [0, 0.1) is 5.92 Å². The molecule has 2 rings (SSSR count). The highest BCUT2D eigenvalue weighted by molar-refractivity contribution is 9.10. The van der Waals surface area contributed by atoms with Crippen LogP contribution in [-0.2, 0) is 4.79 Å². The van der Waals surface area contributed by atoms with Crippen LogP contribution in [0.2, 0.25) is 0 Å². The third-order valence-electron chi connectivity index (χ3n) is 3.52. The number of rotatable bonds is 2. The minimum atomic E-state index is -0.888. The van der Waals surface area contributed by atoms with E-state index in [1.807, 2.05) is 0 Å². The molecule has 1 fully saturated rings. The fourth-order valence-electron chi connectivity index (χ4n) is 2.39. The number of phenolic OH excluding ortho intramolecular Hbond substituents is 1. The molecule has 1 heterocycles. The average Bonchev–Trinajstić information content (AvgIpc) is 2.73. The Morgan fingerprint density at radius 2 is 2.11 bits per heavy atom. The number of carboxylic acids is 1. The van der Waals surface area contributed by atoms with Crippen molar-refractivity contribution in [3.63, 3.8) is 0 Å². The van der Waals surface area contributed by atoms with Crippen molar-refractivity contribution in [2.45, 2.75) is 19.4 Å². The van der Waals surface area contributed by atoms with Crippen LogP contribution >= 0.6 is 15.9 Å². The first-order valence-corrected chi connectivity index (χ1v) is 6.73. The number of aromatic hydroxyl groups is 1. The van der Waals surface area contributed by atoms with Crippen molar-refractivity contribution in [1.29, 1.82) is 0 Å². The molecule has 1 aromatic carbocycles. The van der Waals surface area contributed by atoms with Crippen molar-refractivity contribution >= 4 is 27.8 Å². The highest BCUT2D eigenvalue weighted by Crippen LogP contribution is 2.29. The molecule has 6 heteroatoms. The van der Waals surface area contributed by atoms with Gasteiger partial charge in [-0.05, 0) is 31.5 Å². The van der Waals surface area contributed by atoms with Gasteiger partial charge in [0.15, 0.2) is 0 Å². The summed E-state index contributed by atoms with van der Waals surface area (Å²) in [6.07, 6.45) is 0.441. The number of nitrogens with zero attached hydrogens (tertiary/aromatic N) is 1. The Morgan fingerprint density at radius 3 is 2.68 bits per heavy atom. The Balaban J connectivity index is 2.26. The van der Waals surface area contributed by atoms with Gasteiger partial charge in [-0.15, -0.1) is 0 Å². The van der Waals surface area contributed by atoms with Gasteiger partial charge in [-0.3, -0.25) is 9.59 Å². The lowest BCUT2D eigenvalue weighted by Gasteiger charge is -2.23.